The van der Waals surface area contributed by atoms with Gasteiger partial charge in [0.15, 0.2) is 11.6 Å². The summed E-state index contributed by atoms with van der Waals surface area (Å²) in [6.07, 6.45) is 3.56. The van der Waals surface area contributed by atoms with Crippen LogP contribution in [-0.2, 0) is 17.9 Å². The van der Waals surface area contributed by atoms with Gasteiger partial charge in [0.2, 0.25) is 5.91 Å². The van der Waals surface area contributed by atoms with E-state index in [4.69, 9.17) is 13.8 Å². The van der Waals surface area contributed by atoms with Gasteiger partial charge in [-0.3, -0.25) is 4.79 Å². The molecule has 0 saturated carbocycles. The van der Waals surface area contributed by atoms with Crippen LogP contribution in [0.1, 0.15) is 17.7 Å². The zero-order valence-corrected chi connectivity index (χ0v) is 18.6. The zero-order chi connectivity index (χ0) is 23.2. The van der Waals surface area contributed by atoms with Crippen LogP contribution in [0.3, 0.4) is 0 Å². The van der Waals surface area contributed by atoms with Crippen molar-refractivity contribution in [3.05, 3.63) is 103 Å². The normalized spacial score (nSPS) is 10.9. The maximum atomic E-state index is 12.7. The largest absolute Gasteiger partial charge is 0.467 e. The van der Waals surface area contributed by atoms with Crippen LogP contribution < -0.4 is 10.2 Å². The molecule has 0 bridgehead atoms. The summed E-state index contributed by atoms with van der Waals surface area (Å²) in [7, 11) is 0. The van der Waals surface area contributed by atoms with Crippen molar-refractivity contribution in [1.82, 2.24) is 15.3 Å². The topological polar surface area (TPSA) is 84.4 Å². The highest BCUT2D eigenvalue weighted by Gasteiger charge is 2.19. The van der Waals surface area contributed by atoms with Gasteiger partial charge in [-0.1, -0.05) is 42.5 Å². The van der Waals surface area contributed by atoms with Crippen molar-refractivity contribution in [2.45, 2.75) is 19.5 Å². The monoisotopic (exact) mass is 452 g/mol. The Bertz CT molecular complexity index is 1350. The molecule has 0 atom stereocenters. The van der Waals surface area contributed by atoms with Crippen LogP contribution in [0.15, 0.2) is 100 Å². The molecule has 0 aliphatic rings. The lowest BCUT2D eigenvalue weighted by atomic mass is 10.2. The van der Waals surface area contributed by atoms with Crippen molar-refractivity contribution >= 4 is 22.6 Å². The number of anilines is 1. The minimum absolute atomic E-state index is 0.0297. The smallest absolute Gasteiger partial charge is 0.222 e. The van der Waals surface area contributed by atoms with E-state index in [2.05, 4.69) is 15.2 Å². The van der Waals surface area contributed by atoms with Crippen LogP contribution in [0, 0.1) is 0 Å². The molecular formula is C27H24N4O3. The summed E-state index contributed by atoms with van der Waals surface area (Å²) in [4.78, 5) is 24.2. The molecule has 3 heterocycles. The molecule has 0 fully saturated rings. The fraction of sp³-hybridized carbons (Fsp3) is 0.148. The third-order valence-corrected chi connectivity index (χ3v) is 5.49. The van der Waals surface area contributed by atoms with Gasteiger partial charge in [0.05, 0.1) is 24.6 Å². The van der Waals surface area contributed by atoms with Crippen molar-refractivity contribution in [2.24, 2.45) is 0 Å². The summed E-state index contributed by atoms with van der Waals surface area (Å²) in [6.45, 7) is 1.43. The van der Waals surface area contributed by atoms with Crippen molar-refractivity contribution in [3.63, 3.8) is 0 Å². The number of fused-ring (bicyclic) bond motifs is 1. The van der Waals surface area contributed by atoms with Gasteiger partial charge in [0.1, 0.15) is 11.6 Å². The molecule has 0 saturated heterocycles. The highest BCUT2D eigenvalue weighted by molar-refractivity contribution is 5.91. The second-order valence-corrected chi connectivity index (χ2v) is 7.88. The fourth-order valence-electron chi connectivity index (χ4n) is 3.79. The molecule has 0 aliphatic heterocycles. The van der Waals surface area contributed by atoms with Crippen LogP contribution in [0.4, 0.5) is 5.82 Å². The number of amides is 1. The maximum absolute atomic E-state index is 12.7. The van der Waals surface area contributed by atoms with Gasteiger partial charge in [-0.15, -0.1) is 0 Å². The Kier molecular flexibility index (Phi) is 6.34. The number of rotatable bonds is 9. The minimum Gasteiger partial charge on any atom is -0.467 e. The maximum Gasteiger partial charge on any atom is 0.222 e. The number of hydrogen-bond donors (Lipinski definition) is 1. The number of hydrogen-bond acceptors (Lipinski definition) is 6. The second-order valence-electron chi connectivity index (χ2n) is 7.88. The Hall–Kier alpha value is -4.39. The molecule has 2 aromatic carbocycles. The third kappa shape index (κ3) is 4.99. The summed E-state index contributed by atoms with van der Waals surface area (Å²) in [6, 6.07) is 25.1. The number of nitrogens with one attached hydrogen (secondary N) is 1. The van der Waals surface area contributed by atoms with E-state index in [0.717, 1.165) is 28.0 Å². The Morgan fingerprint density at radius 2 is 1.65 bits per heavy atom. The molecule has 3 aromatic heterocycles. The molecule has 1 N–H and O–H groups in total. The summed E-state index contributed by atoms with van der Waals surface area (Å²) >= 11 is 0. The van der Waals surface area contributed by atoms with Gasteiger partial charge in [-0.25, -0.2) is 9.97 Å². The van der Waals surface area contributed by atoms with E-state index >= 15 is 0 Å². The number of furan rings is 2. The zero-order valence-electron chi connectivity index (χ0n) is 18.6. The predicted octanol–water partition coefficient (Wildman–Crippen LogP) is 5.20. The fourth-order valence-corrected chi connectivity index (χ4v) is 3.79. The van der Waals surface area contributed by atoms with Gasteiger partial charge in [0, 0.05) is 24.9 Å². The molecule has 5 rings (SSSR count). The highest BCUT2D eigenvalue weighted by atomic mass is 16.3. The Balaban J connectivity index is 1.42. The van der Waals surface area contributed by atoms with E-state index < -0.39 is 0 Å². The van der Waals surface area contributed by atoms with E-state index in [9.17, 15) is 4.79 Å². The Morgan fingerprint density at radius 3 is 2.44 bits per heavy atom. The van der Waals surface area contributed by atoms with Crippen molar-refractivity contribution in [1.29, 1.82) is 0 Å². The lowest BCUT2D eigenvalue weighted by Crippen LogP contribution is -2.31. The Labute approximate surface area is 197 Å². The number of carbonyl (C=O) groups excluding carboxylic acids is 1. The summed E-state index contributed by atoms with van der Waals surface area (Å²) in [5.74, 6) is 2.57. The van der Waals surface area contributed by atoms with E-state index in [0.29, 0.717) is 37.6 Å². The first-order valence-electron chi connectivity index (χ1n) is 11.1. The number of aromatic nitrogens is 2. The van der Waals surface area contributed by atoms with E-state index in [1.54, 1.807) is 12.5 Å². The van der Waals surface area contributed by atoms with E-state index in [1.165, 1.54) is 0 Å². The average Bonchev–Trinajstić information content (AvgIpc) is 3.60. The summed E-state index contributed by atoms with van der Waals surface area (Å²) in [5.41, 5.74) is 1.87. The SMILES string of the molecule is O=C(CCN(Cc1ccco1)c1nc(-c2ccco2)nc2ccccc12)NCc1ccccc1. The van der Waals surface area contributed by atoms with Crippen LogP contribution in [0.2, 0.25) is 0 Å². The van der Waals surface area contributed by atoms with Gasteiger partial charge in [-0.05, 0) is 42.0 Å². The van der Waals surface area contributed by atoms with Crippen LogP contribution in [0.25, 0.3) is 22.5 Å². The van der Waals surface area contributed by atoms with Gasteiger partial charge >= 0.3 is 0 Å². The van der Waals surface area contributed by atoms with Gasteiger partial charge in [-0.2, -0.15) is 0 Å². The molecule has 7 nitrogen and oxygen atoms in total. The summed E-state index contributed by atoms with van der Waals surface area (Å²) in [5, 5.41) is 3.90. The molecule has 0 spiro atoms. The number of benzene rings is 2. The summed E-state index contributed by atoms with van der Waals surface area (Å²) < 4.78 is 11.2. The highest BCUT2D eigenvalue weighted by Crippen LogP contribution is 2.29. The lowest BCUT2D eigenvalue weighted by Gasteiger charge is -2.24. The first kappa shape index (κ1) is 21.5. The minimum atomic E-state index is -0.0297. The first-order valence-corrected chi connectivity index (χ1v) is 11.1. The predicted molar refractivity (Wildman–Crippen MR) is 130 cm³/mol. The van der Waals surface area contributed by atoms with E-state index in [-0.39, 0.29) is 5.91 Å². The molecule has 5 aromatic rings. The second kappa shape index (κ2) is 10.0. The number of carbonyl (C=O) groups is 1. The molecule has 34 heavy (non-hydrogen) atoms. The van der Waals surface area contributed by atoms with Crippen LogP contribution >= 0.6 is 0 Å². The standard InChI is InChI=1S/C27H24N4O3/c32-25(28-18-20-8-2-1-3-9-20)14-15-31(19-21-10-6-16-33-21)27-22-11-4-5-12-23(22)29-26(30-27)24-13-7-17-34-24/h1-13,16-17H,14-15,18-19H2,(H,28,32). The molecule has 0 unspecified atom stereocenters. The molecule has 170 valence electrons. The van der Waals surface area contributed by atoms with Crippen LogP contribution in [0.5, 0.6) is 0 Å². The number of para-hydroxylation sites is 1. The van der Waals surface area contributed by atoms with Gasteiger partial charge < -0.3 is 19.1 Å². The third-order valence-electron chi connectivity index (χ3n) is 5.49. The molecule has 0 aliphatic carbocycles. The van der Waals surface area contributed by atoms with Crippen LogP contribution in [-0.4, -0.2) is 22.4 Å². The van der Waals surface area contributed by atoms with Crippen molar-refractivity contribution in [2.75, 3.05) is 11.4 Å². The van der Waals surface area contributed by atoms with Crippen molar-refractivity contribution in [3.8, 4) is 11.6 Å². The van der Waals surface area contributed by atoms with E-state index in [1.807, 2.05) is 78.9 Å². The Morgan fingerprint density at radius 1 is 0.853 bits per heavy atom. The molecule has 1 amide bonds. The molecular weight excluding hydrogens is 428 g/mol. The average molecular weight is 453 g/mol. The molecule has 7 heteroatoms. The van der Waals surface area contributed by atoms with Gasteiger partial charge in [0.25, 0.3) is 0 Å². The lowest BCUT2D eigenvalue weighted by molar-refractivity contribution is -0.121. The quantitative estimate of drug-likeness (QED) is 0.331. The molecule has 0 radical (unpaired) electrons. The van der Waals surface area contributed by atoms with Crippen molar-refractivity contribution < 1.29 is 13.6 Å². The first-order chi connectivity index (χ1) is 16.8. The number of nitrogens with zero attached hydrogens (tertiary/aromatic N) is 3.